The van der Waals surface area contributed by atoms with Crippen molar-refractivity contribution in [1.29, 1.82) is 0 Å². The van der Waals surface area contributed by atoms with Gasteiger partial charge in [-0.1, -0.05) is 17.8 Å². The van der Waals surface area contributed by atoms with Crippen LogP contribution in [-0.2, 0) is 11.3 Å². The summed E-state index contributed by atoms with van der Waals surface area (Å²) in [5, 5.41) is 9.24. The Bertz CT molecular complexity index is 1060. The maximum absolute atomic E-state index is 12.0. The quantitative estimate of drug-likeness (QED) is 0.495. The molecule has 148 valence electrons. The van der Waals surface area contributed by atoms with Crippen molar-refractivity contribution in [3.05, 3.63) is 24.0 Å². The summed E-state index contributed by atoms with van der Waals surface area (Å²) in [5.41, 5.74) is 6.64. The molecule has 0 saturated heterocycles. The molecule has 0 fully saturated rings. The highest BCUT2D eigenvalue weighted by atomic mass is 32.2. The fraction of sp³-hybridized carbons (Fsp3) is 0.389. The SMILES string of the molecule is CSc1ncc2ccc3c(C(N)=O)n(CCOC(=O)NC(C)(C)C)nc3c2n1. The van der Waals surface area contributed by atoms with Gasteiger partial charge in [0.15, 0.2) is 5.16 Å². The number of carbonyl (C=O) groups is 2. The molecule has 10 heteroatoms. The molecule has 2 amide bonds. The maximum Gasteiger partial charge on any atom is 0.407 e. The molecule has 3 N–H and O–H groups in total. The maximum atomic E-state index is 12.0. The Labute approximate surface area is 166 Å². The van der Waals surface area contributed by atoms with Gasteiger partial charge in [0, 0.05) is 22.5 Å². The summed E-state index contributed by atoms with van der Waals surface area (Å²) in [4.78, 5) is 32.6. The van der Waals surface area contributed by atoms with E-state index in [1.165, 1.54) is 16.4 Å². The van der Waals surface area contributed by atoms with Gasteiger partial charge in [-0.3, -0.25) is 9.48 Å². The Kier molecular flexibility index (Phi) is 5.41. The first-order valence-corrected chi connectivity index (χ1v) is 9.87. The fourth-order valence-corrected chi connectivity index (χ4v) is 3.10. The Morgan fingerprint density at radius 2 is 2.04 bits per heavy atom. The monoisotopic (exact) mass is 402 g/mol. The zero-order chi connectivity index (χ0) is 20.5. The highest BCUT2D eigenvalue weighted by Gasteiger charge is 2.20. The first kappa shape index (κ1) is 19.9. The lowest BCUT2D eigenvalue weighted by Gasteiger charge is -2.19. The molecule has 0 atom stereocenters. The standard InChI is InChI=1S/C18H22N6O3S/c1-18(2,3)22-17(26)27-8-7-24-14(15(19)25)11-6-5-10-9-20-16(28-4)21-12(10)13(11)23-24/h5-6,9H,7-8H2,1-4H3,(H2,19,25)(H,22,26). The number of nitrogens with one attached hydrogen (secondary N) is 1. The minimum Gasteiger partial charge on any atom is -0.448 e. The third-order valence-electron chi connectivity index (χ3n) is 3.87. The summed E-state index contributed by atoms with van der Waals surface area (Å²) < 4.78 is 6.64. The van der Waals surface area contributed by atoms with Crippen LogP contribution in [0.3, 0.4) is 0 Å². The predicted octanol–water partition coefficient (Wildman–Crippen LogP) is 2.33. The van der Waals surface area contributed by atoms with E-state index in [2.05, 4.69) is 20.4 Å². The minimum absolute atomic E-state index is 0.0408. The second-order valence-corrected chi connectivity index (χ2v) is 7.98. The van der Waals surface area contributed by atoms with E-state index in [9.17, 15) is 9.59 Å². The van der Waals surface area contributed by atoms with Crippen LogP contribution < -0.4 is 11.1 Å². The van der Waals surface area contributed by atoms with E-state index < -0.39 is 17.5 Å². The molecule has 0 aliphatic rings. The number of hydrogen-bond donors (Lipinski definition) is 2. The van der Waals surface area contributed by atoms with E-state index in [1.54, 1.807) is 12.3 Å². The number of thioether (sulfide) groups is 1. The molecule has 9 nitrogen and oxygen atoms in total. The molecular formula is C18H22N6O3S. The summed E-state index contributed by atoms with van der Waals surface area (Å²) in [6.07, 6.45) is 3.07. The molecule has 0 spiro atoms. The molecule has 3 aromatic rings. The van der Waals surface area contributed by atoms with Gasteiger partial charge in [0.25, 0.3) is 5.91 Å². The summed E-state index contributed by atoms with van der Waals surface area (Å²) in [5.74, 6) is -0.611. The Morgan fingerprint density at radius 1 is 1.29 bits per heavy atom. The molecule has 2 heterocycles. The first-order chi connectivity index (χ1) is 13.2. The van der Waals surface area contributed by atoms with Crippen LogP contribution in [0.1, 0.15) is 31.3 Å². The zero-order valence-corrected chi connectivity index (χ0v) is 17.0. The van der Waals surface area contributed by atoms with Gasteiger partial charge in [-0.05, 0) is 33.1 Å². The van der Waals surface area contributed by atoms with Crippen LogP contribution in [0, 0.1) is 0 Å². The van der Waals surface area contributed by atoms with Crippen molar-refractivity contribution in [2.45, 2.75) is 38.0 Å². The number of aromatic nitrogens is 4. The molecule has 1 aromatic carbocycles. The van der Waals surface area contributed by atoms with Crippen molar-refractivity contribution in [2.24, 2.45) is 5.73 Å². The van der Waals surface area contributed by atoms with Gasteiger partial charge in [0.2, 0.25) is 0 Å². The molecular weight excluding hydrogens is 380 g/mol. The highest BCUT2D eigenvalue weighted by Crippen LogP contribution is 2.26. The third-order valence-corrected chi connectivity index (χ3v) is 4.43. The number of hydrogen-bond acceptors (Lipinski definition) is 7. The van der Waals surface area contributed by atoms with Crippen molar-refractivity contribution in [1.82, 2.24) is 25.1 Å². The number of nitrogens with zero attached hydrogens (tertiary/aromatic N) is 4. The van der Waals surface area contributed by atoms with Gasteiger partial charge in [-0.15, -0.1) is 0 Å². The van der Waals surface area contributed by atoms with E-state index in [0.29, 0.717) is 21.6 Å². The largest absolute Gasteiger partial charge is 0.448 e. The summed E-state index contributed by atoms with van der Waals surface area (Å²) in [6, 6.07) is 3.60. The van der Waals surface area contributed by atoms with Crippen LogP contribution in [0.5, 0.6) is 0 Å². The first-order valence-electron chi connectivity index (χ1n) is 8.64. The predicted molar refractivity (Wildman–Crippen MR) is 107 cm³/mol. The minimum atomic E-state index is -0.611. The molecule has 0 bridgehead atoms. The number of alkyl carbamates (subject to hydrolysis) is 1. The molecule has 0 aliphatic carbocycles. The van der Waals surface area contributed by atoms with Crippen molar-refractivity contribution in [2.75, 3.05) is 12.9 Å². The van der Waals surface area contributed by atoms with Gasteiger partial charge in [0.1, 0.15) is 23.3 Å². The van der Waals surface area contributed by atoms with Crippen molar-refractivity contribution in [3.63, 3.8) is 0 Å². The summed E-state index contributed by atoms with van der Waals surface area (Å²) >= 11 is 1.42. The fourth-order valence-electron chi connectivity index (χ4n) is 2.76. The number of benzene rings is 1. The van der Waals surface area contributed by atoms with Gasteiger partial charge in [-0.25, -0.2) is 14.8 Å². The van der Waals surface area contributed by atoms with Gasteiger partial charge < -0.3 is 15.8 Å². The van der Waals surface area contributed by atoms with Crippen molar-refractivity contribution >= 4 is 45.6 Å². The molecule has 0 saturated carbocycles. The number of ether oxygens (including phenoxy) is 1. The number of fused-ring (bicyclic) bond motifs is 3. The molecule has 28 heavy (non-hydrogen) atoms. The van der Waals surface area contributed by atoms with E-state index >= 15 is 0 Å². The summed E-state index contributed by atoms with van der Waals surface area (Å²) in [7, 11) is 0. The normalized spacial score (nSPS) is 11.7. The molecule has 3 rings (SSSR count). The third kappa shape index (κ3) is 4.16. The van der Waals surface area contributed by atoms with Gasteiger partial charge >= 0.3 is 6.09 Å². The highest BCUT2D eigenvalue weighted by molar-refractivity contribution is 7.98. The summed E-state index contributed by atoms with van der Waals surface area (Å²) in [6.45, 7) is 5.80. The van der Waals surface area contributed by atoms with Crippen molar-refractivity contribution < 1.29 is 14.3 Å². The van der Waals surface area contributed by atoms with E-state index in [4.69, 9.17) is 10.5 Å². The Balaban J connectivity index is 1.93. The van der Waals surface area contributed by atoms with Crippen LogP contribution in [0.4, 0.5) is 4.79 Å². The smallest absolute Gasteiger partial charge is 0.407 e. The van der Waals surface area contributed by atoms with Crippen LogP contribution in [0.25, 0.3) is 21.8 Å². The molecule has 0 radical (unpaired) electrons. The Morgan fingerprint density at radius 3 is 2.68 bits per heavy atom. The average molecular weight is 402 g/mol. The van der Waals surface area contributed by atoms with E-state index in [-0.39, 0.29) is 18.8 Å². The van der Waals surface area contributed by atoms with E-state index in [1.807, 2.05) is 33.1 Å². The molecule has 0 aliphatic heterocycles. The lowest BCUT2D eigenvalue weighted by atomic mass is 10.1. The number of amides is 2. The number of carbonyl (C=O) groups excluding carboxylic acids is 2. The molecule has 0 unspecified atom stereocenters. The lowest BCUT2D eigenvalue weighted by Crippen LogP contribution is -2.41. The molecule has 2 aromatic heterocycles. The van der Waals surface area contributed by atoms with Crippen LogP contribution in [0.15, 0.2) is 23.5 Å². The van der Waals surface area contributed by atoms with Gasteiger partial charge in [0.05, 0.1) is 6.54 Å². The van der Waals surface area contributed by atoms with Crippen LogP contribution >= 0.6 is 11.8 Å². The Hall–Kier alpha value is -2.88. The zero-order valence-electron chi connectivity index (χ0n) is 16.1. The van der Waals surface area contributed by atoms with Crippen LogP contribution in [0.2, 0.25) is 0 Å². The second-order valence-electron chi connectivity index (χ2n) is 7.20. The topological polar surface area (TPSA) is 125 Å². The lowest BCUT2D eigenvalue weighted by molar-refractivity contribution is 0.0988. The van der Waals surface area contributed by atoms with E-state index in [0.717, 1.165) is 5.39 Å². The average Bonchev–Trinajstić information content (AvgIpc) is 2.98. The number of nitrogens with two attached hydrogens (primary N) is 1. The van der Waals surface area contributed by atoms with Crippen LogP contribution in [-0.4, -0.2) is 50.2 Å². The second kappa shape index (κ2) is 7.63. The number of primary amides is 1. The van der Waals surface area contributed by atoms with Crippen molar-refractivity contribution in [3.8, 4) is 0 Å². The number of rotatable bonds is 5. The van der Waals surface area contributed by atoms with Gasteiger partial charge in [-0.2, -0.15) is 5.10 Å².